The van der Waals surface area contributed by atoms with Gasteiger partial charge in [0.15, 0.2) is 0 Å². The fourth-order valence-corrected chi connectivity index (χ4v) is 2.09. The molecule has 0 N–H and O–H groups in total. The zero-order chi connectivity index (χ0) is 15.0. The quantitative estimate of drug-likeness (QED) is 0.505. The van der Waals surface area contributed by atoms with E-state index in [1.165, 1.54) is 12.1 Å². The summed E-state index contributed by atoms with van der Waals surface area (Å²) in [5.41, 5.74) is 0.336. The van der Waals surface area contributed by atoms with Crippen LogP contribution in [0.25, 0.3) is 0 Å². The van der Waals surface area contributed by atoms with Gasteiger partial charge in [-0.05, 0) is 37.6 Å². The molecule has 20 heavy (non-hydrogen) atoms. The highest BCUT2D eigenvalue weighted by atomic mass is 19.1. The van der Waals surface area contributed by atoms with Gasteiger partial charge >= 0.3 is 5.69 Å². The van der Waals surface area contributed by atoms with Gasteiger partial charge in [-0.1, -0.05) is 32.8 Å². The first-order chi connectivity index (χ1) is 9.58. The third-order valence-corrected chi connectivity index (χ3v) is 3.27. The van der Waals surface area contributed by atoms with Crippen molar-refractivity contribution in [1.82, 2.24) is 4.90 Å². The van der Waals surface area contributed by atoms with Gasteiger partial charge in [0.25, 0.3) is 0 Å². The van der Waals surface area contributed by atoms with Crippen LogP contribution in [-0.2, 0) is 6.54 Å². The smallest absolute Gasteiger partial charge is 0.299 e. The predicted octanol–water partition coefficient (Wildman–Crippen LogP) is 4.14. The number of rotatable bonds is 9. The van der Waals surface area contributed by atoms with Crippen LogP contribution in [0.1, 0.15) is 45.1 Å². The Labute approximate surface area is 119 Å². The van der Waals surface area contributed by atoms with Crippen molar-refractivity contribution in [1.29, 1.82) is 0 Å². The van der Waals surface area contributed by atoms with Crippen molar-refractivity contribution in [2.24, 2.45) is 0 Å². The number of benzene rings is 1. The van der Waals surface area contributed by atoms with Crippen LogP contribution in [0, 0.1) is 15.9 Å². The maximum atomic E-state index is 13.6. The summed E-state index contributed by atoms with van der Waals surface area (Å²) in [5, 5.41) is 10.6. The van der Waals surface area contributed by atoms with Crippen LogP contribution in [0.15, 0.2) is 18.2 Å². The molecular formula is C15H23FN2O2. The number of hydrogen-bond acceptors (Lipinski definition) is 3. The summed E-state index contributed by atoms with van der Waals surface area (Å²) in [5.74, 6) is -0.751. The van der Waals surface area contributed by atoms with E-state index in [4.69, 9.17) is 0 Å². The summed E-state index contributed by atoms with van der Waals surface area (Å²) < 4.78 is 13.6. The molecule has 0 bridgehead atoms. The molecule has 0 aromatic heterocycles. The van der Waals surface area contributed by atoms with Crippen LogP contribution < -0.4 is 0 Å². The molecule has 0 heterocycles. The predicted molar refractivity (Wildman–Crippen MR) is 78.1 cm³/mol. The van der Waals surface area contributed by atoms with Crippen LogP contribution in [0.4, 0.5) is 10.1 Å². The van der Waals surface area contributed by atoms with E-state index in [1.54, 1.807) is 6.07 Å². The van der Waals surface area contributed by atoms with Crippen molar-refractivity contribution < 1.29 is 9.31 Å². The molecule has 5 heteroatoms. The third-order valence-electron chi connectivity index (χ3n) is 3.27. The first-order valence-electron chi connectivity index (χ1n) is 7.23. The Hall–Kier alpha value is -1.49. The molecule has 0 aliphatic rings. The number of nitro benzene ring substituents is 1. The lowest BCUT2D eigenvalue weighted by Gasteiger charge is -2.22. The minimum Gasteiger partial charge on any atom is -0.299 e. The fraction of sp³-hybridized carbons (Fsp3) is 0.600. The van der Waals surface area contributed by atoms with E-state index in [-0.39, 0.29) is 0 Å². The number of nitrogens with zero attached hydrogens (tertiary/aromatic N) is 2. The maximum Gasteiger partial charge on any atom is 0.304 e. The lowest BCUT2D eigenvalue weighted by Crippen LogP contribution is -2.25. The second-order valence-electron chi connectivity index (χ2n) is 5.03. The molecule has 0 unspecified atom stereocenters. The van der Waals surface area contributed by atoms with Gasteiger partial charge in [0.2, 0.25) is 5.82 Å². The molecule has 0 spiro atoms. The highest BCUT2D eigenvalue weighted by molar-refractivity contribution is 5.34. The molecule has 1 aromatic carbocycles. The van der Waals surface area contributed by atoms with Crippen LogP contribution in [-0.4, -0.2) is 22.9 Å². The molecule has 0 atom stereocenters. The molecule has 0 radical (unpaired) electrons. The summed E-state index contributed by atoms with van der Waals surface area (Å²) in [4.78, 5) is 12.2. The minimum atomic E-state index is -0.751. The first kappa shape index (κ1) is 16.6. The zero-order valence-electron chi connectivity index (χ0n) is 12.3. The van der Waals surface area contributed by atoms with Gasteiger partial charge in [0.05, 0.1) is 4.92 Å². The topological polar surface area (TPSA) is 46.4 Å². The van der Waals surface area contributed by atoms with Crippen LogP contribution >= 0.6 is 0 Å². The van der Waals surface area contributed by atoms with Crippen molar-refractivity contribution in [3.8, 4) is 0 Å². The largest absolute Gasteiger partial charge is 0.304 e. The third kappa shape index (κ3) is 5.25. The molecule has 112 valence electrons. The Balaban J connectivity index is 2.71. The summed E-state index contributed by atoms with van der Waals surface area (Å²) in [6.07, 6.45) is 4.47. The molecule has 1 aromatic rings. The van der Waals surface area contributed by atoms with E-state index in [2.05, 4.69) is 18.7 Å². The molecule has 1 rings (SSSR count). The van der Waals surface area contributed by atoms with Gasteiger partial charge in [0, 0.05) is 12.6 Å². The van der Waals surface area contributed by atoms with Crippen molar-refractivity contribution in [3.05, 3.63) is 39.7 Å². The molecule has 0 fully saturated rings. The fourth-order valence-electron chi connectivity index (χ4n) is 2.09. The van der Waals surface area contributed by atoms with Crippen molar-refractivity contribution >= 4 is 5.69 Å². The average Bonchev–Trinajstić information content (AvgIpc) is 2.41. The van der Waals surface area contributed by atoms with Crippen molar-refractivity contribution in [2.45, 2.75) is 46.1 Å². The Morgan fingerprint density at radius 3 is 2.25 bits per heavy atom. The summed E-state index contributed by atoms with van der Waals surface area (Å²) >= 11 is 0. The Morgan fingerprint density at radius 1 is 1.20 bits per heavy atom. The Morgan fingerprint density at radius 2 is 1.80 bits per heavy atom. The first-order valence-corrected chi connectivity index (χ1v) is 7.23. The van der Waals surface area contributed by atoms with E-state index >= 15 is 0 Å². The molecule has 0 aliphatic carbocycles. The Kier molecular flexibility index (Phi) is 7.15. The SMILES string of the molecule is CCCCN(CCCC)Cc1ccc([N+](=O)[O-])c(F)c1. The van der Waals surface area contributed by atoms with Crippen molar-refractivity contribution in [2.75, 3.05) is 13.1 Å². The molecule has 0 saturated carbocycles. The number of nitro groups is 1. The Bertz CT molecular complexity index is 430. The molecule has 0 aliphatic heterocycles. The lowest BCUT2D eigenvalue weighted by molar-refractivity contribution is -0.387. The number of hydrogen-bond donors (Lipinski definition) is 0. The van der Waals surface area contributed by atoms with Crippen molar-refractivity contribution in [3.63, 3.8) is 0 Å². The lowest BCUT2D eigenvalue weighted by atomic mass is 10.1. The number of unbranched alkanes of at least 4 members (excludes halogenated alkanes) is 2. The monoisotopic (exact) mass is 282 g/mol. The van der Waals surface area contributed by atoms with Gasteiger partial charge in [-0.15, -0.1) is 0 Å². The van der Waals surface area contributed by atoms with E-state index in [1.807, 2.05) is 0 Å². The van der Waals surface area contributed by atoms with Gasteiger partial charge in [-0.25, -0.2) is 0 Å². The summed E-state index contributed by atoms with van der Waals surface area (Å²) in [6.45, 7) is 6.90. The number of halogens is 1. The van der Waals surface area contributed by atoms with E-state index in [9.17, 15) is 14.5 Å². The maximum absolute atomic E-state index is 13.6. The molecule has 0 amide bonds. The second kappa shape index (κ2) is 8.64. The van der Waals surface area contributed by atoms with Crippen LogP contribution in [0.5, 0.6) is 0 Å². The van der Waals surface area contributed by atoms with E-state index in [0.717, 1.165) is 44.3 Å². The summed E-state index contributed by atoms with van der Waals surface area (Å²) in [7, 11) is 0. The van der Waals surface area contributed by atoms with Crippen LogP contribution in [0.2, 0.25) is 0 Å². The standard InChI is InChI=1S/C15H23FN2O2/c1-3-5-9-17(10-6-4-2)12-13-7-8-15(18(19)20)14(16)11-13/h7-8,11H,3-6,9-10,12H2,1-2H3. The molecule has 4 nitrogen and oxygen atoms in total. The molecular weight excluding hydrogens is 259 g/mol. The highest BCUT2D eigenvalue weighted by Crippen LogP contribution is 2.19. The molecule has 0 saturated heterocycles. The van der Waals surface area contributed by atoms with Gasteiger partial charge < -0.3 is 0 Å². The second-order valence-corrected chi connectivity index (χ2v) is 5.03. The highest BCUT2D eigenvalue weighted by Gasteiger charge is 2.14. The minimum absolute atomic E-state index is 0.456. The van der Waals surface area contributed by atoms with E-state index < -0.39 is 16.4 Å². The van der Waals surface area contributed by atoms with Crippen LogP contribution in [0.3, 0.4) is 0 Å². The van der Waals surface area contributed by atoms with Gasteiger partial charge in [-0.2, -0.15) is 4.39 Å². The van der Waals surface area contributed by atoms with Gasteiger partial charge in [0.1, 0.15) is 0 Å². The van der Waals surface area contributed by atoms with E-state index in [0.29, 0.717) is 6.54 Å². The summed E-state index contributed by atoms with van der Waals surface area (Å²) in [6, 6.07) is 4.18. The average molecular weight is 282 g/mol. The normalized spacial score (nSPS) is 11.0. The zero-order valence-corrected chi connectivity index (χ0v) is 12.3. The van der Waals surface area contributed by atoms with Gasteiger partial charge in [-0.3, -0.25) is 15.0 Å².